The molecule has 2 aliphatic carbocycles. The normalized spacial score (nSPS) is 22.9. The number of benzene rings is 1. The topological polar surface area (TPSA) is 103 Å². The molecule has 8 nitrogen and oxygen atoms in total. The highest BCUT2D eigenvalue weighted by molar-refractivity contribution is 6.04. The number of amides is 1. The first kappa shape index (κ1) is 21.7. The van der Waals surface area contributed by atoms with Crippen LogP contribution in [-0.2, 0) is 0 Å². The van der Waals surface area contributed by atoms with Gasteiger partial charge in [0.05, 0.1) is 29.5 Å². The smallest absolute Gasteiger partial charge is 0.321 e. The number of anilines is 1. The van der Waals surface area contributed by atoms with Crippen molar-refractivity contribution in [2.75, 3.05) is 11.9 Å². The van der Waals surface area contributed by atoms with Crippen LogP contribution in [0.2, 0.25) is 0 Å². The van der Waals surface area contributed by atoms with E-state index in [1.165, 1.54) is 6.07 Å². The maximum atomic E-state index is 12.9. The van der Waals surface area contributed by atoms with E-state index in [4.69, 9.17) is 9.84 Å². The zero-order valence-electron chi connectivity index (χ0n) is 19.1. The largest absolute Gasteiger partial charge is 0.618 e. The summed E-state index contributed by atoms with van der Waals surface area (Å²) in [6, 6.07) is 8.83. The number of hydrogen-bond donors (Lipinski definition) is 2. The highest BCUT2D eigenvalue weighted by atomic mass is 16.5. The number of aryl methyl sites for hydroxylation is 1. The fraction of sp³-hybridized carbons (Fsp3) is 0.480. The Morgan fingerprint density at radius 2 is 2.06 bits per heavy atom. The molecule has 33 heavy (non-hydrogen) atoms. The number of carbonyl (C=O) groups is 1. The summed E-state index contributed by atoms with van der Waals surface area (Å²) in [5, 5.41) is 31.1. The number of nitrogens with zero attached hydrogens (tertiary/aromatic N) is 3. The fourth-order valence-electron chi connectivity index (χ4n) is 4.42. The van der Waals surface area contributed by atoms with Crippen LogP contribution in [-0.4, -0.2) is 33.0 Å². The minimum Gasteiger partial charge on any atom is -0.618 e. The lowest BCUT2D eigenvalue weighted by molar-refractivity contribution is -0.614. The zero-order chi connectivity index (χ0) is 23.2. The molecule has 0 radical (unpaired) electrons. The van der Waals surface area contributed by atoms with E-state index >= 15 is 0 Å². The van der Waals surface area contributed by atoms with E-state index in [1.807, 2.05) is 29.9 Å². The van der Waals surface area contributed by atoms with Gasteiger partial charge in [-0.3, -0.25) is 9.48 Å². The van der Waals surface area contributed by atoms with Crippen molar-refractivity contribution in [3.63, 3.8) is 0 Å². The van der Waals surface area contributed by atoms with Gasteiger partial charge in [-0.1, -0.05) is 0 Å². The van der Waals surface area contributed by atoms with Gasteiger partial charge in [-0.2, -0.15) is 9.83 Å². The van der Waals surface area contributed by atoms with Gasteiger partial charge < -0.3 is 20.4 Å². The first-order valence-corrected chi connectivity index (χ1v) is 11.7. The van der Waals surface area contributed by atoms with Gasteiger partial charge in [0, 0.05) is 36.7 Å². The van der Waals surface area contributed by atoms with Crippen LogP contribution in [0.15, 0.2) is 36.5 Å². The molecule has 0 saturated heterocycles. The third kappa shape index (κ3) is 4.66. The first-order chi connectivity index (χ1) is 15.8. The van der Waals surface area contributed by atoms with Crippen LogP contribution in [0.25, 0.3) is 10.9 Å². The van der Waals surface area contributed by atoms with E-state index in [0.29, 0.717) is 34.4 Å². The molecule has 1 amide bonds. The molecule has 8 heteroatoms. The fourth-order valence-corrected chi connectivity index (χ4v) is 4.42. The van der Waals surface area contributed by atoms with Crippen molar-refractivity contribution in [3.8, 4) is 5.75 Å². The van der Waals surface area contributed by atoms with Crippen molar-refractivity contribution in [3.05, 3.63) is 53.1 Å². The van der Waals surface area contributed by atoms with Gasteiger partial charge in [0.1, 0.15) is 5.75 Å². The Balaban J connectivity index is 1.44. The Kier molecular flexibility index (Phi) is 5.48. The van der Waals surface area contributed by atoms with E-state index in [1.54, 1.807) is 19.1 Å². The Morgan fingerprint density at radius 3 is 2.79 bits per heavy atom. The zero-order valence-corrected chi connectivity index (χ0v) is 19.1. The summed E-state index contributed by atoms with van der Waals surface area (Å²) < 4.78 is 8.67. The number of nitrogens with one attached hydrogen (secondary N) is 1. The van der Waals surface area contributed by atoms with Gasteiger partial charge in [0.2, 0.25) is 0 Å². The number of rotatable bonds is 6. The Bertz CT molecular complexity index is 1190. The minimum atomic E-state index is -0.599. The van der Waals surface area contributed by atoms with Gasteiger partial charge in [-0.25, -0.2) is 0 Å². The molecule has 2 saturated carbocycles. The van der Waals surface area contributed by atoms with Crippen molar-refractivity contribution >= 4 is 22.5 Å². The molecule has 0 atom stereocenters. The van der Waals surface area contributed by atoms with Crippen molar-refractivity contribution in [1.29, 1.82) is 0 Å². The average Bonchev–Trinajstić information content (AvgIpc) is 3.52. The van der Waals surface area contributed by atoms with Gasteiger partial charge in [0.15, 0.2) is 5.69 Å². The maximum Gasteiger partial charge on any atom is 0.321 e. The van der Waals surface area contributed by atoms with Crippen molar-refractivity contribution in [2.24, 2.45) is 5.92 Å². The van der Waals surface area contributed by atoms with E-state index in [9.17, 15) is 15.1 Å². The molecule has 0 bridgehead atoms. The second-order valence-electron chi connectivity index (χ2n) is 9.80. The Hall–Kier alpha value is -3.13. The molecule has 0 unspecified atom stereocenters. The number of aliphatic hydroxyl groups is 1. The lowest BCUT2D eigenvalue weighted by Gasteiger charge is -2.33. The van der Waals surface area contributed by atoms with Crippen molar-refractivity contribution in [1.82, 2.24) is 9.78 Å². The Labute approximate surface area is 192 Å². The van der Waals surface area contributed by atoms with Crippen LogP contribution in [0, 0.1) is 18.0 Å². The second kappa shape index (κ2) is 8.33. The standard InChI is InChI=1S/C25H30N4O4/c1-16-4-3-5-22(29(16)32)24(30)26-21-12-18-14-28(19-8-10-25(2,31)11-9-19)27-20(18)13-23(21)33-15-17-6-7-17/h3-5,12-14,17,19,31H,6-11,15H2,1-2H3,(H,26,30). The van der Waals surface area contributed by atoms with Crippen LogP contribution in [0.4, 0.5) is 5.69 Å². The summed E-state index contributed by atoms with van der Waals surface area (Å²) in [5.74, 6) is 0.633. The van der Waals surface area contributed by atoms with Crippen molar-refractivity contribution in [2.45, 2.75) is 64.0 Å². The number of aromatic nitrogens is 3. The summed E-state index contributed by atoms with van der Waals surface area (Å²) >= 11 is 0. The third-order valence-electron chi connectivity index (χ3n) is 6.81. The van der Waals surface area contributed by atoms with Crippen LogP contribution in [0.1, 0.15) is 67.7 Å². The van der Waals surface area contributed by atoms with E-state index < -0.39 is 11.5 Å². The van der Waals surface area contributed by atoms with Gasteiger partial charge in [-0.15, -0.1) is 0 Å². The lowest BCUT2D eigenvalue weighted by atomic mass is 9.84. The van der Waals surface area contributed by atoms with Gasteiger partial charge in [-0.05, 0) is 63.5 Å². The van der Waals surface area contributed by atoms with E-state index in [0.717, 1.165) is 49.4 Å². The maximum absolute atomic E-state index is 12.9. The van der Waals surface area contributed by atoms with Crippen LogP contribution < -0.4 is 14.8 Å². The Morgan fingerprint density at radius 1 is 1.30 bits per heavy atom. The van der Waals surface area contributed by atoms with E-state index in [-0.39, 0.29) is 11.7 Å². The summed E-state index contributed by atoms with van der Waals surface area (Å²) in [6.07, 6.45) is 7.53. The number of hydrogen-bond acceptors (Lipinski definition) is 5. The van der Waals surface area contributed by atoms with Gasteiger partial charge >= 0.3 is 5.91 Å². The number of ether oxygens (including phenoxy) is 1. The predicted octanol–water partition coefficient (Wildman–Crippen LogP) is 3.89. The van der Waals surface area contributed by atoms with Crippen molar-refractivity contribution < 1.29 is 19.4 Å². The molecular weight excluding hydrogens is 420 g/mol. The SMILES string of the molecule is Cc1cccc(C(=O)Nc2cc3cn(C4CCC(C)(O)CC4)nc3cc2OCC2CC2)[n+]1[O-]. The molecule has 1 aromatic carbocycles. The first-order valence-electron chi connectivity index (χ1n) is 11.7. The molecule has 2 aliphatic rings. The predicted molar refractivity (Wildman–Crippen MR) is 124 cm³/mol. The number of fused-ring (bicyclic) bond motifs is 1. The molecule has 5 rings (SSSR count). The molecule has 2 fully saturated rings. The highest BCUT2D eigenvalue weighted by Gasteiger charge is 2.30. The molecule has 174 valence electrons. The molecule has 2 heterocycles. The summed E-state index contributed by atoms with van der Waals surface area (Å²) in [5.41, 5.74) is 1.22. The van der Waals surface area contributed by atoms with E-state index in [2.05, 4.69) is 5.32 Å². The molecule has 2 aromatic heterocycles. The molecule has 3 aromatic rings. The quantitative estimate of drug-likeness (QED) is 0.438. The third-order valence-corrected chi connectivity index (χ3v) is 6.81. The van der Waals surface area contributed by atoms with Crippen LogP contribution >= 0.6 is 0 Å². The summed E-state index contributed by atoms with van der Waals surface area (Å²) in [4.78, 5) is 12.9. The minimum absolute atomic E-state index is 0.0354. The summed E-state index contributed by atoms with van der Waals surface area (Å²) in [6.45, 7) is 4.15. The van der Waals surface area contributed by atoms with Crippen LogP contribution in [0.5, 0.6) is 5.75 Å². The molecule has 0 spiro atoms. The van der Waals surface area contributed by atoms with Gasteiger partial charge in [0.25, 0.3) is 5.69 Å². The molecular formula is C25H30N4O4. The second-order valence-corrected chi connectivity index (χ2v) is 9.80. The molecule has 2 N–H and O–H groups in total. The molecule has 0 aliphatic heterocycles. The number of pyridine rings is 1. The average molecular weight is 451 g/mol. The lowest BCUT2D eigenvalue weighted by Crippen LogP contribution is -2.39. The van der Waals surface area contributed by atoms with Crippen LogP contribution in [0.3, 0.4) is 0 Å². The number of carbonyl (C=O) groups excluding carboxylic acids is 1. The monoisotopic (exact) mass is 450 g/mol. The summed E-state index contributed by atoms with van der Waals surface area (Å²) in [7, 11) is 0. The highest BCUT2D eigenvalue weighted by Crippen LogP contribution is 2.37.